The molecule has 0 saturated carbocycles. The molecule has 0 fully saturated rings. The van der Waals surface area contributed by atoms with E-state index in [4.69, 9.17) is 16.3 Å². The average molecular weight is 398 g/mol. The Bertz CT molecular complexity index is 975. The third-order valence-electron chi connectivity index (χ3n) is 4.29. The van der Waals surface area contributed by atoms with Crippen LogP contribution < -0.4 is 5.32 Å². The topological polar surface area (TPSA) is 84.1 Å². The molecule has 1 atom stereocenters. The summed E-state index contributed by atoms with van der Waals surface area (Å²) >= 11 is 5.82. The lowest BCUT2D eigenvalue weighted by Crippen LogP contribution is -2.29. The van der Waals surface area contributed by atoms with E-state index < -0.39 is 18.0 Å². The standard InChI is InChI=1S/C21H20ClN3O3/c1-12-13(2)24-19(23-12)15-4-6-16(7-5-15)21(27)28-14(3)20(26)25-18-10-8-17(22)9-11-18/h4-11,14H,1-3H3,(H,23,24)(H,25,26). The van der Waals surface area contributed by atoms with E-state index in [1.54, 1.807) is 48.5 Å². The normalized spacial score (nSPS) is 11.7. The van der Waals surface area contributed by atoms with Crippen LogP contribution in [0.3, 0.4) is 0 Å². The van der Waals surface area contributed by atoms with E-state index >= 15 is 0 Å². The maximum atomic E-state index is 12.3. The quantitative estimate of drug-likeness (QED) is 0.619. The Hall–Kier alpha value is -3.12. The lowest BCUT2D eigenvalue weighted by Gasteiger charge is -2.13. The summed E-state index contributed by atoms with van der Waals surface area (Å²) in [5.74, 6) is -0.253. The minimum atomic E-state index is -0.946. The lowest BCUT2D eigenvalue weighted by atomic mass is 10.1. The van der Waals surface area contributed by atoms with Crippen molar-refractivity contribution in [2.75, 3.05) is 5.32 Å². The second kappa shape index (κ2) is 8.27. The Balaban J connectivity index is 1.61. The molecule has 3 rings (SSSR count). The van der Waals surface area contributed by atoms with Crippen LogP contribution in [0.5, 0.6) is 0 Å². The summed E-state index contributed by atoms with van der Waals surface area (Å²) in [5, 5.41) is 3.25. The summed E-state index contributed by atoms with van der Waals surface area (Å²) in [6.07, 6.45) is -0.946. The van der Waals surface area contributed by atoms with Gasteiger partial charge in [-0.1, -0.05) is 23.7 Å². The Kier molecular flexibility index (Phi) is 5.80. The Morgan fingerprint density at radius 3 is 2.29 bits per heavy atom. The van der Waals surface area contributed by atoms with Gasteiger partial charge in [0.15, 0.2) is 6.10 Å². The van der Waals surface area contributed by atoms with Crippen molar-refractivity contribution in [1.29, 1.82) is 0 Å². The van der Waals surface area contributed by atoms with Crippen LogP contribution in [-0.4, -0.2) is 27.9 Å². The number of hydrogen-bond acceptors (Lipinski definition) is 4. The van der Waals surface area contributed by atoms with Gasteiger partial charge in [0.05, 0.1) is 11.3 Å². The number of hydrogen-bond donors (Lipinski definition) is 2. The van der Waals surface area contributed by atoms with Gasteiger partial charge in [-0.2, -0.15) is 0 Å². The van der Waals surface area contributed by atoms with E-state index in [9.17, 15) is 9.59 Å². The number of aromatic amines is 1. The second-order valence-corrected chi connectivity index (χ2v) is 6.85. The van der Waals surface area contributed by atoms with Gasteiger partial charge in [-0.15, -0.1) is 0 Å². The molecule has 2 aromatic carbocycles. The number of nitrogens with one attached hydrogen (secondary N) is 2. The maximum Gasteiger partial charge on any atom is 0.338 e. The van der Waals surface area contributed by atoms with Crippen molar-refractivity contribution in [3.63, 3.8) is 0 Å². The van der Waals surface area contributed by atoms with E-state index in [1.165, 1.54) is 6.92 Å². The van der Waals surface area contributed by atoms with Crippen molar-refractivity contribution < 1.29 is 14.3 Å². The Morgan fingerprint density at radius 1 is 1.07 bits per heavy atom. The van der Waals surface area contributed by atoms with E-state index in [1.807, 2.05) is 13.8 Å². The molecule has 3 aromatic rings. The molecule has 1 aromatic heterocycles. The molecule has 2 N–H and O–H groups in total. The number of esters is 1. The number of imidazole rings is 1. The van der Waals surface area contributed by atoms with Gasteiger partial charge in [0.25, 0.3) is 5.91 Å². The van der Waals surface area contributed by atoms with Crippen LogP contribution in [0.25, 0.3) is 11.4 Å². The van der Waals surface area contributed by atoms with Crippen molar-refractivity contribution in [1.82, 2.24) is 9.97 Å². The number of carbonyl (C=O) groups is 2. The molecule has 0 bridgehead atoms. The predicted molar refractivity (Wildman–Crippen MR) is 108 cm³/mol. The highest BCUT2D eigenvalue weighted by Gasteiger charge is 2.19. The smallest absolute Gasteiger partial charge is 0.338 e. The van der Waals surface area contributed by atoms with Crippen molar-refractivity contribution in [2.24, 2.45) is 0 Å². The van der Waals surface area contributed by atoms with Gasteiger partial charge in [-0.3, -0.25) is 4.79 Å². The average Bonchev–Trinajstić information content (AvgIpc) is 3.02. The number of carbonyl (C=O) groups excluding carboxylic acids is 2. The van der Waals surface area contributed by atoms with Crippen LogP contribution in [0.2, 0.25) is 5.02 Å². The summed E-state index contributed by atoms with van der Waals surface area (Å²) in [4.78, 5) is 32.2. The zero-order valence-corrected chi connectivity index (χ0v) is 16.5. The molecular weight excluding hydrogens is 378 g/mol. The van der Waals surface area contributed by atoms with Crippen LogP contribution in [0.1, 0.15) is 28.7 Å². The first kappa shape index (κ1) is 19.6. The fourth-order valence-corrected chi connectivity index (χ4v) is 2.63. The molecule has 0 aliphatic carbocycles. The number of benzene rings is 2. The van der Waals surface area contributed by atoms with Crippen LogP contribution in [-0.2, 0) is 9.53 Å². The van der Waals surface area contributed by atoms with Crippen LogP contribution >= 0.6 is 11.6 Å². The SMILES string of the molecule is Cc1nc(-c2ccc(C(=O)OC(C)C(=O)Nc3ccc(Cl)cc3)cc2)[nH]c1C. The molecule has 28 heavy (non-hydrogen) atoms. The monoisotopic (exact) mass is 397 g/mol. The third-order valence-corrected chi connectivity index (χ3v) is 4.54. The lowest BCUT2D eigenvalue weighted by molar-refractivity contribution is -0.123. The van der Waals surface area contributed by atoms with Crippen LogP contribution in [0.15, 0.2) is 48.5 Å². The first-order valence-electron chi connectivity index (χ1n) is 8.74. The molecule has 0 radical (unpaired) electrons. The molecule has 7 heteroatoms. The molecule has 6 nitrogen and oxygen atoms in total. The number of nitrogens with zero attached hydrogens (tertiary/aromatic N) is 1. The highest BCUT2D eigenvalue weighted by atomic mass is 35.5. The van der Waals surface area contributed by atoms with Crippen molar-refractivity contribution in [3.8, 4) is 11.4 Å². The molecule has 1 amide bonds. The number of aromatic nitrogens is 2. The number of H-pyrrole nitrogens is 1. The van der Waals surface area contributed by atoms with Gasteiger partial charge < -0.3 is 15.0 Å². The van der Waals surface area contributed by atoms with Gasteiger partial charge in [-0.25, -0.2) is 9.78 Å². The largest absolute Gasteiger partial charge is 0.449 e. The number of halogens is 1. The zero-order chi connectivity index (χ0) is 20.3. The van der Waals surface area contributed by atoms with E-state index in [0.717, 1.165) is 22.8 Å². The fraction of sp³-hybridized carbons (Fsp3) is 0.190. The number of amides is 1. The molecule has 0 spiro atoms. The molecule has 0 aliphatic rings. The molecule has 0 saturated heterocycles. The molecule has 1 unspecified atom stereocenters. The van der Waals surface area contributed by atoms with Gasteiger partial charge in [0, 0.05) is 22.0 Å². The van der Waals surface area contributed by atoms with E-state index in [0.29, 0.717) is 16.3 Å². The molecular formula is C21H20ClN3O3. The maximum absolute atomic E-state index is 12.3. The first-order valence-corrected chi connectivity index (χ1v) is 9.12. The molecule has 0 aliphatic heterocycles. The second-order valence-electron chi connectivity index (χ2n) is 6.42. The highest BCUT2D eigenvalue weighted by Crippen LogP contribution is 2.19. The van der Waals surface area contributed by atoms with E-state index in [2.05, 4.69) is 15.3 Å². The summed E-state index contributed by atoms with van der Waals surface area (Å²) in [7, 11) is 0. The van der Waals surface area contributed by atoms with Gasteiger partial charge >= 0.3 is 5.97 Å². The molecule has 1 heterocycles. The number of aryl methyl sites for hydroxylation is 2. The number of ether oxygens (including phenoxy) is 1. The third kappa shape index (κ3) is 4.58. The van der Waals surface area contributed by atoms with Gasteiger partial charge in [0.2, 0.25) is 0 Å². The summed E-state index contributed by atoms with van der Waals surface area (Å²) in [6, 6.07) is 13.5. The first-order chi connectivity index (χ1) is 13.3. The summed E-state index contributed by atoms with van der Waals surface area (Å²) < 4.78 is 5.26. The van der Waals surface area contributed by atoms with Crippen molar-refractivity contribution in [2.45, 2.75) is 26.9 Å². The predicted octanol–water partition coefficient (Wildman–Crippen LogP) is 4.53. The van der Waals surface area contributed by atoms with Gasteiger partial charge in [0.1, 0.15) is 5.82 Å². The van der Waals surface area contributed by atoms with Crippen LogP contribution in [0, 0.1) is 13.8 Å². The summed E-state index contributed by atoms with van der Waals surface area (Å²) in [6.45, 7) is 5.40. The molecule has 144 valence electrons. The Labute approximate surface area is 167 Å². The van der Waals surface area contributed by atoms with E-state index in [-0.39, 0.29) is 0 Å². The number of rotatable bonds is 5. The van der Waals surface area contributed by atoms with Crippen molar-refractivity contribution >= 4 is 29.2 Å². The highest BCUT2D eigenvalue weighted by molar-refractivity contribution is 6.30. The minimum Gasteiger partial charge on any atom is -0.449 e. The Morgan fingerprint density at radius 2 is 1.71 bits per heavy atom. The summed E-state index contributed by atoms with van der Waals surface area (Å²) in [5.41, 5.74) is 3.72. The minimum absolute atomic E-state index is 0.356. The number of anilines is 1. The van der Waals surface area contributed by atoms with Crippen molar-refractivity contribution in [3.05, 3.63) is 70.5 Å². The zero-order valence-electron chi connectivity index (χ0n) is 15.7. The fourth-order valence-electron chi connectivity index (χ4n) is 2.51. The van der Waals surface area contributed by atoms with Gasteiger partial charge in [-0.05, 0) is 57.2 Å². The van der Waals surface area contributed by atoms with Crippen LogP contribution in [0.4, 0.5) is 5.69 Å².